The van der Waals surface area contributed by atoms with Crippen molar-refractivity contribution in [1.82, 2.24) is 13.9 Å². The van der Waals surface area contributed by atoms with Gasteiger partial charge in [0.05, 0.1) is 27.9 Å². The molecule has 0 fully saturated rings. The summed E-state index contributed by atoms with van der Waals surface area (Å²) in [6, 6.07) is 10.7. The first-order chi connectivity index (χ1) is 14.5. The Labute approximate surface area is 192 Å². The Hall–Kier alpha value is -2.34. The van der Waals surface area contributed by atoms with Crippen LogP contribution < -0.4 is 5.56 Å². The second-order valence-electron chi connectivity index (χ2n) is 7.06. The van der Waals surface area contributed by atoms with E-state index >= 15 is 0 Å². The van der Waals surface area contributed by atoms with Crippen molar-refractivity contribution in [2.45, 2.75) is 24.5 Å². The van der Waals surface area contributed by atoms with Gasteiger partial charge < -0.3 is 9.72 Å². The number of sulfonamides is 1. The first-order valence-electron chi connectivity index (χ1n) is 9.16. The number of aromatic amines is 1. The molecule has 0 saturated heterocycles. The summed E-state index contributed by atoms with van der Waals surface area (Å²) in [5.74, 6) is -0.632. The molecule has 1 aromatic heterocycles. The number of nitrogens with zero attached hydrogens (tertiary/aromatic N) is 2. The van der Waals surface area contributed by atoms with E-state index in [1.165, 1.54) is 42.9 Å². The molecule has 1 N–H and O–H groups in total. The monoisotopic (exact) mass is 525 g/mol. The van der Waals surface area contributed by atoms with Gasteiger partial charge in [0.1, 0.15) is 6.10 Å². The number of H-pyrrole nitrogens is 1. The minimum absolute atomic E-state index is 0.0649. The van der Waals surface area contributed by atoms with Crippen molar-refractivity contribution in [3.8, 4) is 0 Å². The van der Waals surface area contributed by atoms with Crippen molar-refractivity contribution >= 4 is 55.0 Å². The number of rotatable bonds is 6. The number of hydrogen-bond acceptors (Lipinski definition) is 6. The van der Waals surface area contributed by atoms with Crippen molar-refractivity contribution in [3.63, 3.8) is 0 Å². The van der Waals surface area contributed by atoms with Gasteiger partial charge in [0, 0.05) is 18.6 Å². The molecule has 0 radical (unpaired) electrons. The zero-order valence-corrected chi connectivity index (χ0v) is 20.2. The molecular weight excluding hydrogens is 506 g/mol. The molecule has 0 unspecified atom stereocenters. The third-order valence-electron chi connectivity index (χ3n) is 4.56. The van der Waals surface area contributed by atoms with Crippen molar-refractivity contribution < 1.29 is 17.9 Å². The molecule has 2 aromatic carbocycles. The number of ether oxygens (including phenoxy) is 1. The lowest BCUT2D eigenvalue weighted by atomic mass is 10.2. The topological polar surface area (TPSA) is 101 Å². The molecule has 8 nitrogen and oxygen atoms in total. The highest BCUT2D eigenvalue weighted by atomic mass is 79.9. The van der Waals surface area contributed by atoms with Crippen LogP contribution in [0, 0.1) is 4.77 Å². The second-order valence-corrected chi connectivity index (χ2v) is 10.5. The Morgan fingerprint density at radius 2 is 1.87 bits per heavy atom. The van der Waals surface area contributed by atoms with Gasteiger partial charge in [-0.15, -0.1) is 0 Å². The highest BCUT2D eigenvalue weighted by molar-refractivity contribution is 9.10. The number of esters is 1. The molecule has 3 rings (SSSR count). The van der Waals surface area contributed by atoms with E-state index in [9.17, 15) is 18.0 Å². The van der Waals surface area contributed by atoms with Crippen LogP contribution in [-0.4, -0.2) is 48.4 Å². The summed E-state index contributed by atoms with van der Waals surface area (Å²) >= 11 is 8.64. The van der Waals surface area contributed by atoms with Gasteiger partial charge >= 0.3 is 5.97 Å². The number of nitrogens with one attached hydrogen (secondary N) is 1. The van der Waals surface area contributed by atoms with Gasteiger partial charge in [0.25, 0.3) is 5.56 Å². The molecule has 0 spiro atoms. The normalized spacial score (nSPS) is 12.8. The SMILES string of the molecule is C[C@H](Cn1c(=S)[nH]c2ccc(Br)cc2c1=O)OC(=O)c1ccc(S(=O)(=O)N(C)C)cc1. The minimum Gasteiger partial charge on any atom is -0.457 e. The number of fused-ring (bicyclic) bond motifs is 1. The van der Waals surface area contributed by atoms with Crippen LogP contribution in [0.4, 0.5) is 0 Å². The fraction of sp³-hybridized carbons (Fsp3) is 0.250. The van der Waals surface area contributed by atoms with E-state index in [1.54, 1.807) is 25.1 Å². The quantitative estimate of drug-likeness (QED) is 0.391. The van der Waals surface area contributed by atoms with E-state index in [0.29, 0.717) is 10.9 Å². The zero-order chi connectivity index (χ0) is 22.9. The van der Waals surface area contributed by atoms with Gasteiger partial charge in [0.15, 0.2) is 4.77 Å². The standard InChI is InChI=1S/C20H20BrN3O5S2/c1-12(11-24-18(25)16-10-14(21)6-9-17(16)22-20(24)30)29-19(26)13-4-7-15(8-5-13)31(27,28)23(2)3/h4-10,12H,11H2,1-3H3,(H,22,30)/t12-/m1/s1. The summed E-state index contributed by atoms with van der Waals surface area (Å²) in [4.78, 5) is 28.4. The van der Waals surface area contributed by atoms with E-state index in [1.807, 2.05) is 0 Å². The van der Waals surface area contributed by atoms with Crippen molar-refractivity contribution in [2.24, 2.45) is 0 Å². The summed E-state index contributed by atoms with van der Waals surface area (Å²) in [5.41, 5.74) is 0.526. The largest absolute Gasteiger partial charge is 0.457 e. The highest BCUT2D eigenvalue weighted by Gasteiger charge is 2.19. The fourth-order valence-corrected chi connectivity index (χ4v) is 4.44. The van der Waals surface area contributed by atoms with E-state index < -0.39 is 22.1 Å². The van der Waals surface area contributed by atoms with E-state index in [2.05, 4.69) is 20.9 Å². The Morgan fingerprint density at radius 3 is 2.48 bits per heavy atom. The van der Waals surface area contributed by atoms with Crippen LogP contribution in [0.5, 0.6) is 0 Å². The lowest BCUT2D eigenvalue weighted by molar-refractivity contribution is 0.0302. The minimum atomic E-state index is -3.59. The molecule has 0 saturated carbocycles. The summed E-state index contributed by atoms with van der Waals surface area (Å²) in [5, 5.41) is 0.458. The first kappa shape index (κ1) is 23.3. The molecule has 0 bridgehead atoms. The molecule has 11 heteroatoms. The lowest BCUT2D eigenvalue weighted by Gasteiger charge is -2.16. The highest BCUT2D eigenvalue weighted by Crippen LogP contribution is 2.17. The van der Waals surface area contributed by atoms with E-state index in [0.717, 1.165) is 8.78 Å². The van der Waals surface area contributed by atoms with Crippen LogP contribution >= 0.6 is 28.1 Å². The second kappa shape index (κ2) is 9.03. The third kappa shape index (κ3) is 4.95. The molecule has 1 heterocycles. The molecule has 3 aromatic rings. The van der Waals surface area contributed by atoms with E-state index in [-0.39, 0.29) is 27.3 Å². The summed E-state index contributed by atoms with van der Waals surface area (Å²) < 4.78 is 33.1. The molecule has 31 heavy (non-hydrogen) atoms. The summed E-state index contributed by atoms with van der Waals surface area (Å²) in [6.07, 6.45) is -0.657. The molecule has 0 aliphatic carbocycles. The predicted molar refractivity (Wildman–Crippen MR) is 123 cm³/mol. The summed E-state index contributed by atoms with van der Waals surface area (Å²) in [7, 11) is -0.733. The fourth-order valence-electron chi connectivity index (χ4n) is 2.91. The Morgan fingerprint density at radius 1 is 1.23 bits per heavy atom. The Balaban J connectivity index is 1.78. The van der Waals surface area contributed by atoms with Gasteiger partial charge in [-0.05, 0) is 61.6 Å². The van der Waals surface area contributed by atoms with Gasteiger partial charge in [-0.25, -0.2) is 17.5 Å². The molecular formula is C20H20BrN3O5S2. The third-order valence-corrected chi connectivity index (χ3v) is 7.21. The maximum absolute atomic E-state index is 12.8. The van der Waals surface area contributed by atoms with Crippen molar-refractivity contribution in [1.29, 1.82) is 0 Å². The number of hydrogen-bond donors (Lipinski definition) is 1. The molecule has 0 aliphatic heterocycles. The van der Waals surface area contributed by atoms with Gasteiger partial charge in [-0.3, -0.25) is 9.36 Å². The zero-order valence-electron chi connectivity index (χ0n) is 17.0. The number of carbonyl (C=O) groups is 1. The molecule has 0 aliphatic rings. The number of carbonyl (C=O) groups excluding carboxylic acids is 1. The van der Waals surface area contributed by atoms with Gasteiger partial charge in [-0.2, -0.15) is 0 Å². The number of aromatic nitrogens is 2. The Kier molecular flexibility index (Phi) is 6.79. The van der Waals surface area contributed by atoms with E-state index in [4.69, 9.17) is 17.0 Å². The van der Waals surface area contributed by atoms with Crippen LogP contribution in [-0.2, 0) is 21.3 Å². The van der Waals surface area contributed by atoms with Gasteiger partial charge in [0.2, 0.25) is 10.0 Å². The van der Waals surface area contributed by atoms with Crippen LogP contribution in [0.2, 0.25) is 0 Å². The van der Waals surface area contributed by atoms with Crippen LogP contribution in [0.25, 0.3) is 10.9 Å². The average Bonchev–Trinajstić information content (AvgIpc) is 2.71. The maximum atomic E-state index is 12.8. The Bertz CT molecular complexity index is 1360. The van der Waals surface area contributed by atoms with Crippen LogP contribution in [0.1, 0.15) is 17.3 Å². The smallest absolute Gasteiger partial charge is 0.338 e. The first-order valence-corrected chi connectivity index (χ1v) is 11.8. The molecule has 164 valence electrons. The lowest BCUT2D eigenvalue weighted by Crippen LogP contribution is -2.29. The predicted octanol–water partition coefficient (Wildman–Crippen LogP) is 3.32. The summed E-state index contributed by atoms with van der Waals surface area (Å²) in [6.45, 7) is 1.71. The number of benzene rings is 2. The maximum Gasteiger partial charge on any atom is 0.338 e. The molecule has 0 amide bonds. The van der Waals surface area contributed by atoms with Crippen molar-refractivity contribution in [3.05, 3.63) is 67.6 Å². The van der Waals surface area contributed by atoms with Crippen LogP contribution in [0.15, 0.2) is 56.6 Å². The molecule has 1 atom stereocenters. The van der Waals surface area contributed by atoms with Gasteiger partial charge in [-0.1, -0.05) is 15.9 Å². The number of halogens is 1. The van der Waals surface area contributed by atoms with Crippen LogP contribution in [0.3, 0.4) is 0 Å². The average molecular weight is 526 g/mol. The van der Waals surface area contributed by atoms with Crippen molar-refractivity contribution in [2.75, 3.05) is 14.1 Å².